The Kier molecular flexibility index (Phi) is 5.59. The fourth-order valence-corrected chi connectivity index (χ4v) is 3.88. The predicted octanol–water partition coefficient (Wildman–Crippen LogP) is 5.35. The van der Waals surface area contributed by atoms with E-state index in [1.54, 1.807) is 0 Å². The minimum Gasteiger partial charge on any atom is -0.358 e. The van der Waals surface area contributed by atoms with Crippen LogP contribution in [0.1, 0.15) is 27.9 Å². The van der Waals surface area contributed by atoms with Crippen molar-refractivity contribution in [2.45, 2.75) is 33.5 Å². The molecule has 0 aliphatic heterocycles. The van der Waals surface area contributed by atoms with Crippen molar-refractivity contribution in [2.75, 3.05) is 0 Å². The Hall–Kier alpha value is -3.17. The quantitative estimate of drug-likeness (QED) is 0.488. The highest BCUT2D eigenvalue weighted by molar-refractivity contribution is 5.82. The molecule has 1 N–H and O–H groups in total. The third-order valence-electron chi connectivity index (χ3n) is 5.44. The maximum atomic E-state index is 13.3. The molecule has 1 aromatic heterocycles. The number of hydrogen-bond acceptors (Lipinski definition) is 2. The summed E-state index contributed by atoms with van der Waals surface area (Å²) >= 11 is 0. The Balaban J connectivity index is 1.71. The van der Waals surface area contributed by atoms with Crippen LogP contribution >= 0.6 is 0 Å². The zero-order valence-electron chi connectivity index (χ0n) is 17.0. The fraction of sp³-hybridized carbons (Fsp3) is 0.192. The molecule has 0 amide bonds. The van der Waals surface area contributed by atoms with Crippen LogP contribution in [0.4, 0.5) is 0 Å². The summed E-state index contributed by atoms with van der Waals surface area (Å²) in [5.41, 5.74) is 6.45. The number of H-pyrrole nitrogens is 1. The molecule has 0 atom stereocenters. The summed E-state index contributed by atoms with van der Waals surface area (Å²) in [4.78, 5) is 19.1. The molecule has 0 bridgehead atoms. The number of pyridine rings is 1. The van der Waals surface area contributed by atoms with Gasteiger partial charge in [0.25, 0.3) is 0 Å². The van der Waals surface area contributed by atoms with E-state index in [2.05, 4.69) is 58.4 Å². The van der Waals surface area contributed by atoms with Gasteiger partial charge in [-0.1, -0.05) is 72.8 Å². The van der Waals surface area contributed by atoms with Crippen molar-refractivity contribution in [2.24, 2.45) is 0 Å². The lowest BCUT2D eigenvalue weighted by Gasteiger charge is -2.23. The third-order valence-corrected chi connectivity index (χ3v) is 5.44. The standard InChI is InChI=1S/C26H26N2O/c1-19-10-9-15-23-25(19)27-20(2)24(26(23)29)18-28(16-21-11-5-3-6-12-21)17-22-13-7-4-8-14-22/h3-15H,16-18H2,1-2H3,(H,27,29). The van der Waals surface area contributed by atoms with Crippen molar-refractivity contribution in [3.63, 3.8) is 0 Å². The highest BCUT2D eigenvalue weighted by Crippen LogP contribution is 2.18. The highest BCUT2D eigenvalue weighted by atomic mass is 16.1. The van der Waals surface area contributed by atoms with E-state index in [9.17, 15) is 4.79 Å². The van der Waals surface area contributed by atoms with Crippen molar-refractivity contribution < 1.29 is 0 Å². The van der Waals surface area contributed by atoms with Crippen LogP contribution in [0.25, 0.3) is 10.9 Å². The molecule has 0 spiro atoms. The van der Waals surface area contributed by atoms with Gasteiger partial charge in [-0.25, -0.2) is 0 Å². The smallest absolute Gasteiger partial charge is 0.194 e. The van der Waals surface area contributed by atoms with Crippen molar-refractivity contribution in [3.8, 4) is 0 Å². The molecule has 4 rings (SSSR count). The third kappa shape index (κ3) is 4.30. The van der Waals surface area contributed by atoms with Crippen LogP contribution in [0.3, 0.4) is 0 Å². The summed E-state index contributed by atoms with van der Waals surface area (Å²) in [6.07, 6.45) is 0. The second kappa shape index (κ2) is 8.46. The van der Waals surface area contributed by atoms with Gasteiger partial charge in [0.2, 0.25) is 0 Å². The van der Waals surface area contributed by atoms with Gasteiger partial charge in [0.15, 0.2) is 5.43 Å². The van der Waals surface area contributed by atoms with E-state index in [1.165, 1.54) is 11.1 Å². The van der Waals surface area contributed by atoms with E-state index in [-0.39, 0.29) is 5.43 Å². The molecule has 3 nitrogen and oxygen atoms in total. The lowest BCUT2D eigenvalue weighted by molar-refractivity contribution is 0.246. The number of nitrogens with one attached hydrogen (secondary N) is 1. The van der Waals surface area contributed by atoms with E-state index < -0.39 is 0 Å². The number of aromatic amines is 1. The summed E-state index contributed by atoms with van der Waals surface area (Å²) < 4.78 is 0. The largest absolute Gasteiger partial charge is 0.358 e. The molecule has 4 aromatic rings. The van der Waals surface area contributed by atoms with Crippen LogP contribution in [-0.2, 0) is 19.6 Å². The second-order valence-electron chi connectivity index (χ2n) is 7.67. The van der Waals surface area contributed by atoms with Crippen LogP contribution in [0.2, 0.25) is 0 Å². The zero-order chi connectivity index (χ0) is 20.2. The number of fused-ring (bicyclic) bond motifs is 1. The van der Waals surface area contributed by atoms with Crippen molar-refractivity contribution in [1.82, 2.24) is 9.88 Å². The van der Waals surface area contributed by atoms with Crippen LogP contribution in [0.5, 0.6) is 0 Å². The van der Waals surface area contributed by atoms with Crippen LogP contribution in [-0.4, -0.2) is 9.88 Å². The van der Waals surface area contributed by atoms with E-state index in [1.807, 2.05) is 44.2 Å². The van der Waals surface area contributed by atoms with Crippen molar-refractivity contribution in [1.29, 1.82) is 0 Å². The second-order valence-corrected chi connectivity index (χ2v) is 7.67. The lowest BCUT2D eigenvalue weighted by atomic mass is 10.0. The van der Waals surface area contributed by atoms with Gasteiger partial charge >= 0.3 is 0 Å². The first-order chi connectivity index (χ1) is 14.1. The van der Waals surface area contributed by atoms with Gasteiger partial charge in [-0.05, 0) is 36.6 Å². The average Bonchev–Trinajstić information content (AvgIpc) is 2.73. The molecular formula is C26H26N2O. The van der Waals surface area contributed by atoms with Gasteiger partial charge in [-0.2, -0.15) is 0 Å². The summed E-state index contributed by atoms with van der Waals surface area (Å²) in [5, 5.41) is 0.768. The number of hydrogen-bond donors (Lipinski definition) is 1. The summed E-state index contributed by atoms with van der Waals surface area (Å²) in [7, 11) is 0. The van der Waals surface area contributed by atoms with E-state index in [0.717, 1.165) is 40.8 Å². The molecule has 0 unspecified atom stereocenters. The number of rotatable bonds is 6. The number of benzene rings is 3. The van der Waals surface area contributed by atoms with Gasteiger partial charge in [-0.3, -0.25) is 9.69 Å². The number of aromatic nitrogens is 1. The van der Waals surface area contributed by atoms with Gasteiger partial charge in [0.05, 0.1) is 5.52 Å². The fourth-order valence-electron chi connectivity index (χ4n) is 3.88. The molecule has 0 saturated heterocycles. The Morgan fingerprint density at radius 1 is 0.724 bits per heavy atom. The Bertz CT molecular complexity index is 1120. The predicted molar refractivity (Wildman–Crippen MR) is 120 cm³/mol. The van der Waals surface area contributed by atoms with Crippen molar-refractivity contribution >= 4 is 10.9 Å². The molecule has 146 valence electrons. The molecule has 0 aliphatic rings. The van der Waals surface area contributed by atoms with E-state index in [4.69, 9.17) is 0 Å². The van der Waals surface area contributed by atoms with Crippen LogP contribution < -0.4 is 5.43 Å². The topological polar surface area (TPSA) is 36.1 Å². The minimum absolute atomic E-state index is 0.131. The zero-order valence-corrected chi connectivity index (χ0v) is 17.0. The van der Waals surface area contributed by atoms with Crippen molar-refractivity contribution in [3.05, 3.63) is 117 Å². The molecule has 0 aliphatic carbocycles. The van der Waals surface area contributed by atoms with E-state index in [0.29, 0.717) is 6.54 Å². The van der Waals surface area contributed by atoms with Gasteiger partial charge < -0.3 is 4.98 Å². The maximum Gasteiger partial charge on any atom is 0.194 e. The number of para-hydroxylation sites is 1. The first kappa shape index (κ1) is 19.2. The monoisotopic (exact) mass is 382 g/mol. The number of aryl methyl sites for hydroxylation is 2. The molecule has 0 fully saturated rings. The maximum absolute atomic E-state index is 13.3. The average molecular weight is 383 g/mol. The number of nitrogens with zero attached hydrogens (tertiary/aromatic N) is 1. The Morgan fingerprint density at radius 3 is 1.90 bits per heavy atom. The molecule has 0 saturated carbocycles. The van der Waals surface area contributed by atoms with Gasteiger partial charge in [-0.15, -0.1) is 0 Å². The van der Waals surface area contributed by atoms with Crippen LogP contribution in [0, 0.1) is 13.8 Å². The summed E-state index contributed by atoms with van der Waals surface area (Å²) in [6, 6.07) is 26.8. The molecular weight excluding hydrogens is 356 g/mol. The molecule has 3 heteroatoms. The first-order valence-corrected chi connectivity index (χ1v) is 10.0. The normalized spacial score (nSPS) is 11.3. The molecule has 0 radical (unpaired) electrons. The Morgan fingerprint density at radius 2 is 1.31 bits per heavy atom. The SMILES string of the molecule is Cc1[nH]c2c(C)cccc2c(=O)c1CN(Cc1ccccc1)Cc1ccccc1. The van der Waals surface area contributed by atoms with E-state index >= 15 is 0 Å². The Labute approximate surface area is 171 Å². The lowest BCUT2D eigenvalue weighted by Crippen LogP contribution is -2.27. The molecule has 1 heterocycles. The van der Waals surface area contributed by atoms with Gasteiger partial charge in [0.1, 0.15) is 0 Å². The summed E-state index contributed by atoms with van der Waals surface area (Å²) in [6.45, 7) is 6.23. The minimum atomic E-state index is 0.131. The molecule has 29 heavy (non-hydrogen) atoms. The first-order valence-electron chi connectivity index (χ1n) is 10.0. The highest BCUT2D eigenvalue weighted by Gasteiger charge is 2.15. The summed E-state index contributed by atoms with van der Waals surface area (Å²) in [5.74, 6) is 0. The molecule has 3 aromatic carbocycles. The van der Waals surface area contributed by atoms with Gasteiger partial charge in [0, 0.05) is 36.3 Å². The van der Waals surface area contributed by atoms with Crippen LogP contribution in [0.15, 0.2) is 83.7 Å².